The van der Waals surface area contributed by atoms with E-state index in [4.69, 9.17) is 4.52 Å². The number of hydrogen-bond acceptors (Lipinski definition) is 6. The van der Waals surface area contributed by atoms with Crippen molar-refractivity contribution < 1.29 is 13.7 Å². The smallest absolute Gasteiger partial charge is 0.241 e. The van der Waals surface area contributed by atoms with Gasteiger partial charge in [-0.1, -0.05) is 36.3 Å². The Labute approximate surface area is 180 Å². The van der Waals surface area contributed by atoms with Gasteiger partial charge < -0.3 is 9.84 Å². The van der Waals surface area contributed by atoms with E-state index in [0.717, 1.165) is 38.2 Å². The molecule has 0 aliphatic carbocycles. The second-order valence-corrected chi connectivity index (χ2v) is 7.67. The van der Waals surface area contributed by atoms with Crippen molar-refractivity contribution >= 4 is 11.6 Å². The zero-order valence-corrected chi connectivity index (χ0v) is 17.6. The van der Waals surface area contributed by atoms with Gasteiger partial charge in [-0.15, -0.1) is 0 Å². The molecule has 0 unspecified atom stereocenters. The van der Waals surface area contributed by atoms with E-state index < -0.39 is 0 Å². The fourth-order valence-electron chi connectivity index (χ4n) is 3.56. The van der Waals surface area contributed by atoms with E-state index in [1.54, 1.807) is 12.1 Å². The molecule has 1 amide bonds. The number of carbonyl (C=O) groups excluding carboxylic acids is 1. The van der Waals surface area contributed by atoms with Crippen LogP contribution in [0.15, 0.2) is 53.1 Å². The standard InChI is InChI=1S/C23H26FN5O2/c1-2-17-3-5-18(6-4-17)23-26-22(31-27-23)16-29-13-11-28(12-14-29)15-21(30)25-20-9-7-19(24)8-10-20/h3-10H,2,11-16H2,1H3,(H,25,30). The molecule has 3 aromatic rings. The van der Waals surface area contributed by atoms with Crippen molar-refractivity contribution in [1.29, 1.82) is 0 Å². The fourth-order valence-corrected chi connectivity index (χ4v) is 3.56. The van der Waals surface area contributed by atoms with Gasteiger partial charge in [0.15, 0.2) is 0 Å². The molecule has 7 nitrogen and oxygen atoms in total. The van der Waals surface area contributed by atoms with Crippen LogP contribution in [0, 0.1) is 5.82 Å². The zero-order chi connectivity index (χ0) is 21.6. The summed E-state index contributed by atoms with van der Waals surface area (Å²) in [5, 5.41) is 6.91. The first-order valence-corrected chi connectivity index (χ1v) is 10.5. The third kappa shape index (κ3) is 5.74. The van der Waals surface area contributed by atoms with E-state index in [1.165, 1.54) is 17.7 Å². The maximum Gasteiger partial charge on any atom is 0.241 e. The van der Waals surface area contributed by atoms with Crippen LogP contribution in [0.4, 0.5) is 10.1 Å². The summed E-state index contributed by atoms with van der Waals surface area (Å²) >= 11 is 0. The minimum atomic E-state index is -0.322. The van der Waals surface area contributed by atoms with Crippen LogP contribution >= 0.6 is 0 Å². The van der Waals surface area contributed by atoms with Gasteiger partial charge >= 0.3 is 0 Å². The van der Waals surface area contributed by atoms with E-state index in [2.05, 4.69) is 44.3 Å². The molecule has 0 radical (unpaired) electrons. The van der Waals surface area contributed by atoms with Crippen LogP contribution in [-0.2, 0) is 17.8 Å². The average molecular weight is 423 g/mol. The number of aryl methyl sites for hydroxylation is 1. The van der Waals surface area contributed by atoms with Gasteiger partial charge in [0, 0.05) is 37.4 Å². The average Bonchev–Trinajstić information content (AvgIpc) is 3.25. The summed E-state index contributed by atoms with van der Waals surface area (Å²) in [5.74, 6) is 0.776. The summed E-state index contributed by atoms with van der Waals surface area (Å²) in [6, 6.07) is 14.0. The number of anilines is 1. The lowest BCUT2D eigenvalue weighted by Crippen LogP contribution is -2.48. The van der Waals surface area contributed by atoms with E-state index in [9.17, 15) is 9.18 Å². The van der Waals surface area contributed by atoms with Gasteiger partial charge in [-0.3, -0.25) is 14.6 Å². The minimum absolute atomic E-state index is 0.101. The number of nitrogens with zero attached hydrogens (tertiary/aromatic N) is 4. The van der Waals surface area contributed by atoms with Crippen molar-refractivity contribution in [1.82, 2.24) is 19.9 Å². The summed E-state index contributed by atoms with van der Waals surface area (Å²) in [6.45, 7) is 6.20. The quantitative estimate of drug-likeness (QED) is 0.629. The van der Waals surface area contributed by atoms with Gasteiger partial charge in [-0.05, 0) is 36.2 Å². The van der Waals surface area contributed by atoms with Gasteiger partial charge in [-0.25, -0.2) is 4.39 Å². The number of halogens is 1. The number of carbonyl (C=O) groups is 1. The number of piperazine rings is 1. The predicted octanol–water partition coefficient (Wildman–Crippen LogP) is 3.19. The molecule has 2 aromatic carbocycles. The summed E-state index contributed by atoms with van der Waals surface area (Å²) in [4.78, 5) is 21.1. The van der Waals surface area contributed by atoms with Gasteiger partial charge in [0.2, 0.25) is 17.6 Å². The summed E-state index contributed by atoms with van der Waals surface area (Å²) in [5.41, 5.74) is 2.82. The highest BCUT2D eigenvalue weighted by molar-refractivity contribution is 5.92. The normalized spacial score (nSPS) is 15.2. The van der Waals surface area contributed by atoms with Crippen LogP contribution in [0.5, 0.6) is 0 Å². The molecule has 162 valence electrons. The fraction of sp³-hybridized carbons (Fsp3) is 0.348. The maximum absolute atomic E-state index is 13.0. The van der Waals surface area contributed by atoms with Crippen LogP contribution in [-0.4, -0.2) is 58.6 Å². The topological polar surface area (TPSA) is 74.5 Å². The monoisotopic (exact) mass is 423 g/mol. The lowest BCUT2D eigenvalue weighted by molar-refractivity contribution is -0.117. The third-order valence-electron chi connectivity index (χ3n) is 5.41. The second kappa shape index (κ2) is 9.80. The number of benzene rings is 2. The highest BCUT2D eigenvalue weighted by Gasteiger charge is 2.21. The molecule has 1 aliphatic rings. The Balaban J connectivity index is 1.23. The van der Waals surface area contributed by atoms with E-state index in [1.807, 2.05) is 12.1 Å². The summed E-state index contributed by atoms with van der Waals surface area (Å²) in [7, 11) is 0. The second-order valence-electron chi connectivity index (χ2n) is 7.67. The minimum Gasteiger partial charge on any atom is -0.338 e. The number of amides is 1. The van der Waals surface area contributed by atoms with Crippen molar-refractivity contribution in [2.75, 3.05) is 38.0 Å². The Morgan fingerprint density at radius 3 is 2.39 bits per heavy atom. The van der Waals surface area contributed by atoms with Gasteiger partial charge in [0.05, 0.1) is 13.1 Å². The van der Waals surface area contributed by atoms with Crippen LogP contribution in [0.2, 0.25) is 0 Å². The number of hydrogen-bond donors (Lipinski definition) is 1. The first-order chi connectivity index (χ1) is 15.1. The molecule has 0 bridgehead atoms. The van der Waals surface area contributed by atoms with E-state index >= 15 is 0 Å². The molecule has 1 saturated heterocycles. The Morgan fingerprint density at radius 2 is 1.71 bits per heavy atom. The number of aromatic nitrogens is 2. The maximum atomic E-state index is 13.0. The lowest BCUT2D eigenvalue weighted by Gasteiger charge is -2.33. The number of rotatable bonds is 7. The molecular weight excluding hydrogens is 397 g/mol. The largest absolute Gasteiger partial charge is 0.338 e. The Bertz CT molecular complexity index is 996. The molecule has 0 saturated carbocycles. The zero-order valence-electron chi connectivity index (χ0n) is 17.6. The first-order valence-electron chi connectivity index (χ1n) is 10.5. The molecule has 1 aliphatic heterocycles. The van der Waals surface area contributed by atoms with Gasteiger partial charge in [0.1, 0.15) is 5.82 Å². The van der Waals surface area contributed by atoms with E-state index in [-0.39, 0.29) is 11.7 Å². The van der Waals surface area contributed by atoms with Crippen molar-refractivity contribution in [2.24, 2.45) is 0 Å². The third-order valence-corrected chi connectivity index (χ3v) is 5.41. The first kappa shape index (κ1) is 21.1. The Kier molecular flexibility index (Phi) is 6.69. The summed E-state index contributed by atoms with van der Waals surface area (Å²) in [6.07, 6.45) is 0.998. The van der Waals surface area contributed by atoms with E-state index in [0.29, 0.717) is 30.5 Å². The Morgan fingerprint density at radius 1 is 1.03 bits per heavy atom. The van der Waals surface area contributed by atoms with Crippen molar-refractivity contribution in [2.45, 2.75) is 19.9 Å². The molecule has 31 heavy (non-hydrogen) atoms. The van der Waals surface area contributed by atoms with Gasteiger partial charge in [0.25, 0.3) is 0 Å². The molecule has 1 N–H and O–H groups in total. The number of nitrogens with one attached hydrogen (secondary N) is 1. The lowest BCUT2D eigenvalue weighted by atomic mass is 10.1. The molecule has 1 aromatic heterocycles. The van der Waals surface area contributed by atoms with Crippen molar-refractivity contribution in [3.8, 4) is 11.4 Å². The molecule has 8 heteroatoms. The van der Waals surface area contributed by atoms with Crippen LogP contribution in [0.3, 0.4) is 0 Å². The molecular formula is C23H26FN5O2. The predicted molar refractivity (Wildman–Crippen MR) is 116 cm³/mol. The molecule has 0 spiro atoms. The van der Waals surface area contributed by atoms with Crippen molar-refractivity contribution in [3.05, 3.63) is 65.8 Å². The summed E-state index contributed by atoms with van der Waals surface area (Å²) < 4.78 is 18.4. The molecule has 2 heterocycles. The highest BCUT2D eigenvalue weighted by atomic mass is 19.1. The SMILES string of the molecule is CCc1ccc(-c2noc(CN3CCN(CC(=O)Nc4ccc(F)cc4)CC3)n2)cc1. The van der Waals surface area contributed by atoms with Crippen LogP contribution in [0.25, 0.3) is 11.4 Å². The molecule has 4 rings (SSSR count). The van der Waals surface area contributed by atoms with Crippen LogP contribution in [0.1, 0.15) is 18.4 Å². The van der Waals surface area contributed by atoms with Gasteiger partial charge in [-0.2, -0.15) is 4.98 Å². The molecule has 0 atom stereocenters. The Hall–Kier alpha value is -3.10. The van der Waals surface area contributed by atoms with Crippen LogP contribution < -0.4 is 5.32 Å². The highest BCUT2D eigenvalue weighted by Crippen LogP contribution is 2.18. The van der Waals surface area contributed by atoms with Crippen molar-refractivity contribution in [3.63, 3.8) is 0 Å². The molecule has 1 fully saturated rings.